The van der Waals surface area contributed by atoms with E-state index in [-0.39, 0.29) is 0 Å². The van der Waals surface area contributed by atoms with E-state index in [9.17, 15) is 9.90 Å². The molecule has 1 aromatic heterocycles. The lowest BCUT2D eigenvalue weighted by Gasteiger charge is -2.13. The number of hydrogen-bond donors (Lipinski definition) is 2. The fourth-order valence-electron chi connectivity index (χ4n) is 2.45. The van der Waals surface area contributed by atoms with Gasteiger partial charge in [0, 0.05) is 18.7 Å². The first kappa shape index (κ1) is 15.0. The topological polar surface area (TPSA) is 80.0 Å². The summed E-state index contributed by atoms with van der Waals surface area (Å²) in [6.45, 7) is 9.05. The molecule has 0 aliphatic carbocycles. The number of aryl methyl sites for hydroxylation is 2. The van der Waals surface area contributed by atoms with E-state index in [0.29, 0.717) is 29.4 Å². The van der Waals surface area contributed by atoms with Gasteiger partial charge in [0.2, 0.25) is 5.95 Å². The predicted molar refractivity (Wildman–Crippen MR) is 81.7 cm³/mol. The Balaban J connectivity index is 2.73. The summed E-state index contributed by atoms with van der Waals surface area (Å²) in [6.07, 6.45) is 0. The highest BCUT2D eigenvalue weighted by Gasteiger charge is 2.22. The quantitative estimate of drug-likeness (QED) is 0.884. The Hall–Kier alpha value is -2.37. The molecule has 0 radical (unpaired) electrons. The molecule has 0 spiro atoms. The highest BCUT2D eigenvalue weighted by atomic mass is 16.4. The smallest absolute Gasteiger partial charge is 0.336 e. The Morgan fingerprint density at radius 3 is 2.48 bits per heavy atom. The number of hydrogen-bond acceptors (Lipinski definition) is 4. The number of anilines is 1. The summed E-state index contributed by atoms with van der Waals surface area (Å²) in [7, 11) is 0. The zero-order valence-corrected chi connectivity index (χ0v) is 12.8. The molecule has 0 aliphatic rings. The van der Waals surface area contributed by atoms with E-state index < -0.39 is 5.97 Å². The molecule has 0 unspecified atom stereocenters. The molecule has 1 heterocycles. The fourth-order valence-corrected chi connectivity index (χ4v) is 2.45. The standard InChI is InChI=1S/C15H20N4O2/c1-5-16-15-18-17-13(19(15)6-2)11-9(3)7-8-10(4)12(11)14(20)21/h7-8H,5-6H2,1-4H3,(H,16,18)(H,20,21). The van der Waals surface area contributed by atoms with Crippen LogP contribution < -0.4 is 5.32 Å². The summed E-state index contributed by atoms with van der Waals surface area (Å²) < 4.78 is 1.90. The van der Waals surface area contributed by atoms with Gasteiger partial charge in [0.05, 0.1) is 5.56 Å². The molecule has 2 rings (SSSR count). The molecule has 6 heteroatoms. The zero-order chi connectivity index (χ0) is 15.6. The average Bonchev–Trinajstić information content (AvgIpc) is 2.83. The van der Waals surface area contributed by atoms with Crippen molar-refractivity contribution in [3.05, 3.63) is 28.8 Å². The first-order valence-electron chi connectivity index (χ1n) is 7.02. The van der Waals surface area contributed by atoms with Crippen LogP contribution in [0.1, 0.15) is 35.3 Å². The van der Waals surface area contributed by atoms with Crippen LogP contribution in [-0.4, -0.2) is 32.4 Å². The molecule has 112 valence electrons. The molecular weight excluding hydrogens is 268 g/mol. The number of nitrogens with one attached hydrogen (secondary N) is 1. The van der Waals surface area contributed by atoms with E-state index in [1.165, 1.54) is 0 Å². The van der Waals surface area contributed by atoms with Crippen LogP contribution in [0, 0.1) is 13.8 Å². The molecular formula is C15H20N4O2. The molecule has 0 saturated carbocycles. The lowest BCUT2D eigenvalue weighted by Crippen LogP contribution is -2.10. The molecule has 0 bridgehead atoms. The second-order valence-electron chi connectivity index (χ2n) is 4.88. The predicted octanol–water partition coefficient (Wildman–Crippen LogP) is 2.71. The van der Waals surface area contributed by atoms with Gasteiger partial charge < -0.3 is 10.4 Å². The second kappa shape index (κ2) is 5.95. The minimum atomic E-state index is -0.943. The molecule has 1 aromatic carbocycles. The minimum absolute atomic E-state index is 0.292. The van der Waals surface area contributed by atoms with Crippen LogP contribution in [0.25, 0.3) is 11.4 Å². The molecule has 21 heavy (non-hydrogen) atoms. The van der Waals surface area contributed by atoms with Crippen LogP contribution in [0.3, 0.4) is 0 Å². The normalized spacial score (nSPS) is 10.7. The van der Waals surface area contributed by atoms with Gasteiger partial charge in [0.1, 0.15) is 0 Å². The number of carboxylic acids is 1. The van der Waals surface area contributed by atoms with Crippen molar-refractivity contribution in [2.75, 3.05) is 11.9 Å². The van der Waals surface area contributed by atoms with E-state index in [2.05, 4.69) is 15.5 Å². The van der Waals surface area contributed by atoms with Gasteiger partial charge >= 0.3 is 5.97 Å². The fraction of sp³-hybridized carbons (Fsp3) is 0.400. The third-order valence-corrected chi connectivity index (χ3v) is 3.46. The van der Waals surface area contributed by atoms with Crippen molar-refractivity contribution in [1.29, 1.82) is 0 Å². The van der Waals surface area contributed by atoms with E-state index in [4.69, 9.17) is 0 Å². The summed E-state index contributed by atoms with van der Waals surface area (Å²) in [5.74, 6) is 0.307. The highest BCUT2D eigenvalue weighted by molar-refractivity contribution is 5.97. The van der Waals surface area contributed by atoms with Crippen molar-refractivity contribution >= 4 is 11.9 Å². The summed E-state index contributed by atoms with van der Waals surface area (Å²) in [5.41, 5.74) is 2.53. The highest BCUT2D eigenvalue weighted by Crippen LogP contribution is 2.30. The van der Waals surface area contributed by atoms with Gasteiger partial charge in [-0.3, -0.25) is 4.57 Å². The van der Waals surface area contributed by atoms with Crippen molar-refractivity contribution < 1.29 is 9.90 Å². The van der Waals surface area contributed by atoms with Gasteiger partial charge in [-0.15, -0.1) is 10.2 Å². The number of rotatable bonds is 5. The van der Waals surface area contributed by atoms with Crippen LogP contribution >= 0.6 is 0 Å². The van der Waals surface area contributed by atoms with Crippen LogP contribution in [0.4, 0.5) is 5.95 Å². The van der Waals surface area contributed by atoms with E-state index in [1.807, 2.05) is 37.5 Å². The first-order chi connectivity index (χ1) is 10.0. The first-order valence-corrected chi connectivity index (χ1v) is 7.02. The average molecular weight is 288 g/mol. The Kier molecular flexibility index (Phi) is 4.26. The van der Waals surface area contributed by atoms with Gasteiger partial charge in [-0.2, -0.15) is 0 Å². The molecule has 6 nitrogen and oxygen atoms in total. The van der Waals surface area contributed by atoms with Crippen LogP contribution in [-0.2, 0) is 6.54 Å². The molecule has 2 aromatic rings. The number of benzene rings is 1. The van der Waals surface area contributed by atoms with Gasteiger partial charge in [-0.1, -0.05) is 12.1 Å². The van der Waals surface area contributed by atoms with Crippen molar-refractivity contribution in [3.63, 3.8) is 0 Å². The van der Waals surface area contributed by atoms with E-state index in [1.54, 1.807) is 6.92 Å². The van der Waals surface area contributed by atoms with E-state index >= 15 is 0 Å². The molecule has 2 N–H and O–H groups in total. The lowest BCUT2D eigenvalue weighted by molar-refractivity contribution is 0.0697. The van der Waals surface area contributed by atoms with Crippen molar-refractivity contribution in [2.45, 2.75) is 34.2 Å². The van der Waals surface area contributed by atoms with Crippen LogP contribution in [0.5, 0.6) is 0 Å². The molecule has 0 aliphatic heterocycles. The van der Waals surface area contributed by atoms with E-state index in [0.717, 1.165) is 17.7 Å². The monoisotopic (exact) mass is 288 g/mol. The number of aromatic nitrogens is 3. The maximum atomic E-state index is 11.6. The maximum absolute atomic E-state index is 11.6. The summed E-state index contributed by atoms with van der Waals surface area (Å²) in [6, 6.07) is 3.73. The van der Waals surface area contributed by atoms with Crippen molar-refractivity contribution in [2.24, 2.45) is 0 Å². The molecule has 0 saturated heterocycles. The van der Waals surface area contributed by atoms with Gasteiger partial charge in [-0.25, -0.2) is 4.79 Å². The second-order valence-corrected chi connectivity index (χ2v) is 4.88. The Labute approximate surface area is 123 Å². The molecule has 0 amide bonds. The zero-order valence-electron chi connectivity index (χ0n) is 12.8. The Morgan fingerprint density at radius 1 is 1.24 bits per heavy atom. The molecule has 0 atom stereocenters. The summed E-state index contributed by atoms with van der Waals surface area (Å²) in [5, 5.41) is 21.0. The number of carbonyl (C=O) groups is 1. The Morgan fingerprint density at radius 2 is 1.90 bits per heavy atom. The van der Waals surface area contributed by atoms with Gasteiger partial charge in [0.25, 0.3) is 0 Å². The van der Waals surface area contributed by atoms with Crippen LogP contribution in [0.2, 0.25) is 0 Å². The number of carboxylic acid groups (broad SMARTS) is 1. The van der Waals surface area contributed by atoms with Gasteiger partial charge in [-0.05, 0) is 38.8 Å². The SMILES string of the molecule is CCNc1nnc(-c2c(C)ccc(C)c2C(=O)O)n1CC. The van der Waals surface area contributed by atoms with Crippen LogP contribution in [0.15, 0.2) is 12.1 Å². The Bertz CT molecular complexity index is 677. The van der Waals surface area contributed by atoms with Crippen molar-refractivity contribution in [1.82, 2.24) is 14.8 Å². The van der Waals surface area contributed by atoms with Crippen molar-refractivity contribution in [3.8, 4) is 11.4 Å². The van der Waals surface area contributed by atoms with Gasteiger partial charge in [0.15, 0.2) is 5.82 Å². The third-order valence-electron chi connectivity index (χ3n) is 3.46. The third kappa shape index (κ3) is 2.61. The maximum Gasteiger partial charge on any atom is 0.336 e. The number of aromatic carboxylic acids is 1. The summed E-state index contributed by atoms with van der Waals surface area (Å²) >= 11 is 0. The number of nitrogens with zero attached hydrogens (tertiary/aromatic N) is 3. The molecule has 0 fully saturated rings. The summed E-state index contributed by atoms with van der Waals surface area (Å²) in [4.78, 5) is 11.6. The largest absolute Gasteiger partial charge is 0.478 e. The lowest BCUT2D eigenvalue weighted by atomic mass is 9.96. The minimum Gasteiger partial charge on any atom is -0.478 e.